The van der Waals surface area contributed by atoms with Crippen molar-refractivity contribution in [2.45, 2.75) is 57.5 Å². The maximum atomic E-state index is 11.8. The van der Waals surface area contributed by atoms with Gasteiger partial charge < -0.3 is 0 Å². The number of hydrogen-bond donors (Lipinski definition) is 2. The van der Waals surface area contributed by atoms with Crippen molar-refractivity contribution < 1.29 is 9.59 Å². The third kappa shape index (κ3) is 2.79. The van der Waals surface area contributed by atoms with E-state index in [0.717, 1.165) is 0 Å². The first kappa shape index (κ1) is 13.8. The quantitative estimate of drug-likeness (QED) is 0.839. The van der Waals surface area contributed by atoms with Gasteiger partial charge in [-0.1, -0.05) is 0 Å². The number of fused-ring (bicyclic) bond motifs is 1. The summed E-state index contributed by atoms with van der Waals surface area (Å²) in [5.74, 6) is -0.346. The van der Waals surface area contributed by atoms with E-state index in [4.69, 9.17) is 0 Å². The molecule has 2 heterocycles. The molecule has 1 aliphatic heterocycles. The maximum Gasteiger partial charge on any atom is 0.243 e. The molecule has 0 saturated carbocycles. The number of imide groups is 1. The van der Waals surface area contributed by atoms with Gasteiger partial charge in [0.2, 0.25) is 11.8 Å². The van der Waals surface area contributed by atoms with Gasteiger partial charge in [0, 0.05) is 22.2 Å². The van der Waals surface area contributed by atoms with Crippen LogP contribution >= 0.6 is 11.3 Å². The predicted molar refractivity (Wildman–Crippen MR) is 78.7 cm³/mol. The van der Waals surface area contributed by atoms with Crippen LogP contribution in [0.4, 0.5) is 0 Å². The maximum absolute atomic E-state index is 11.8. The summed E-state index contributed by atoms with van der Waals surface area (Å²) in [6.45, 7) is 2.10. The second-order valence-electron chi connectivity index (χ2n) is 5.70. The molecule has 2 N–H and O–H groups in total. The fourth-order valence-electron chi connectivity index (χ4n) is 2.96. The molecule has 4 nitrogen and oxygen atoms in total. The Kier molecular flexibility index (Phi) is 3.89. The van der Waals surface area contributed by atoms with E-state index >= 15 is 0 Å². The molecule has 5 heteroatoms. The molecule has 108 valence electrons. The summed E-state index contributed by atoms with van der Waals surface area (Å²) in [5.41, 5.74) is 1.49. The lowest BCUT2D eigenvalue weighted by molar-refractivity contribution is -0.134. The Morgan fingerprint density at radius 2 is 2.10 bits per heavy atom. The van der Waals surface area contributed by atoms with Gasteiger partial charge in [-0.15, -0.1) is 11.3 Å². The SMILES string of the molecule is CC(NC1CCC(=O)NC1=O)c1cc2c(s1)CCCC2. The summed E-state index contributed by atoms with van der Waals surface area (Å²) in [6.07, 6.45) is 6.00. The molecule has 1 saturated heterocycles. The van der Waals surface area contributed by atoms with Crippen LogP contribution in [0.2, 0.25) is 0 Å². The Hall–Kier alpha value is -1.20. The predicted octanol–water partition coefficient (Wildman–Crippen LogP) is 2.08. The largest absolute Gasteiger partial charge is 0.298 e. The standard InChI is InChI=1S/C15H20N2O2S/c1-9(16-11-6-7-14(18)17-15(11)19)13-8-10-4-2-3-5-12(10)20-13/h8-9,11,16H,2-7H2,1H3,(H,17,18,19). The minimum absolute atomic E-state index is 0.160. The lowest BCUT2D eigenvalue weighted by Crippen LogP contribution is -2.51. The van der Waals surface area contributed by atoms with E-state index in [0.29, 0.717) is 12.8 Å². The van der Waals surface area contributed by atoms with Crippen LogP contribution in [-0.2, 0) is 22.4 Å². The monoisotopic (exact) mass is 292 g/mol. The van der Waals surface area contributed by atoms with E-state index < -0.39 is 0 Å². The van der Waals surface area contributed by atoms with Gasteiger partial charge in [-0.2, -0.15) is 0 Å². The zero-order chi connectivity index (χ0) is 14.1. The first-order valence-corrected chi connectivity index (χ1v) is 8.16. The first-order chi connectivity index (χ1) is 9.63. The molecule has 1 aromatic heterocycles. The molecule has 2 aliphatic rings. The number of carbonyl (C=O) groups excluding carboxylic acids is 2. The lowest BCUT2D eigenvalue weighted by Gasteiger charge is -2.25. The Balaban J connectivity index is 1.67. The highest BCUT2D eigenvalue weighted by Crippen LogP contribution is 2.33. The zero-order valence-corrected chi connectivity index (χ0v) is 12.5. The number of nitrogens with one attached hydrogen (secondary N) is 2. The van der Waals surface area contributed by atoms with Gasteiger partial charge in [-0.3, -0.25) is 20.2 Å². The van der Waals surface area contributed by atoms with Crippen molar-refractivity contribution in [2.75, 3.05) is 0 Å². The first-order valence-electron chi connectivity index (χ1n) is 7.34. The van der Waals surface area contributed by atoms with Crippen molar-refractivity contribution in [3.63, 3.8) is 0 Å². The number of carbonyl (C=O) groups is 2. The molecule has 1 fully saturated rings. The molecule has 0 bridgehead atoms. The molecule has 1 aliphatic carbocycles. The summed E-state index contributed by atoms with van der Waals surface area (Å²) in [6, 6.07) is 2.21. The third-order valence-corrected chi connectivity index (χ3v) is 5.55. The highest BCUT2D eigenvalue weighted by atomic mass is 32.1. The van der Waals surface area contributed by atoms with E-state index in [1.807, 2.05) is 11.3 Å². The van der Waals surface area contributed by atoms with Gasteiger partial charge in [0.1, 0.15) is 0 Å². The minimum atomic E-state index is -0.248. The van der Waals surface area contributed by atoms with Gasteiger partial charge in [-0.25, -0.2) is 0 Å². The van der Waals surface area contributed by atoms with Gasteiger partial charge in [0.15, 0.2) is 0 Å². The molecule has 2 atom stereocenters. The number of hydrogen-bond acceptors (Lipinski definition) is 4. The summed E-state index contributed by atoms with van der Waals surface area (Å²) in [7, 11) is 0. The second kappa shape index (κ2) is 5.66. The van der Waals surface area contributed by atoms with E-state index in [-0.39, 0.29) is 23.9 Å². The molecule has 2 amide bonds. The number of aryl methyl sites for hydroxylation is 2. The lowest BCUT2D eigenvalue weighted by atomic mass is 9.98. The van der Waals surface area contributed by atoms with E-state index in [1.54, 1.807) is 0 Å². The van der Waals surface area contributed by atoms with Crippen molar-refractivity contribution in [3.8, 4) is 0 Å². The number of thiophene rings is 1. The van der Waals surface area contributed by atoms with Crippen LogP contribution in [0.1, 0.15) is 54.0 Å². The van der Waals surface area contributed by atoms with Crippen LogP contribution in [0.25, 0.3) is 0 Å². The normalized spacial score (nSPS) is 24.1. The van der Waals surface area contributed by atoms with E-state index in [1.165, 1.54) is 41.0 Å². The van der Waals surface area contributed by atoms with Crippen LogP contribution in [0, 0.1) is 0 Å². The molecule has 0 spiro atoms. The Morgan fingerprint density at radius 3 is 2.85 bits per heavy atom. The average molecular weight is 292 g/mol. The molecule has 20 heavy (non-hydrogen) atoms. The molecular formula is C15H20N2O2S. The van der Waals surface area contributed by atoms with Gasteiger partial charge in [0.05, 0.1) is 6.04 Å². The van der Waals surface area contributed by atoms with Crippen LogP contribution in [-0.4, -0.2) is 17.9 Å². The van der Waals surface area contributed by atoms with Crippen LogP contribution in [0.3, 0.4) is 0 Å². The van der Waals surface area contributed by atoms with Gasteiger partial charge in [0.25, 0.3) is 0 Å². The van der Waals surface area contributed by atoms with Crippen LogP contribution in [0.15, 0.2) is 6.07 Å². The van der Waals surface area contributed by atoms with Crippen molar-refractivity contribution in [1.29, 1.82) is 0 Å². The Bertz CT molecular complexity index is 514. The smallest absolute Gasteiger partial charge is 0.243 e. The molecule has 3 rings (SSSR count). The Labute approximate surface area is 122 Å². The number of amides is 2. The van der Waals surface area contributed by atoms with E-state index in [2.05, 4.69) is 23.6 Å². The molecule has 0 aromatic carbocycles. The molecule has 0 radical (unpaired) electrons. The Morgan fingerprint density at radius 1 is 1.30 bits per heavy atom. The zero-order valence-electron chi connectivity index (χ0n) is 11.7. The van der Waals surface area contributed by atoms with Crippen molar-refractivity contribution in [1.82, 2.24) is 10.6 Å². The van der Waals surface area contributed by atoms with Crippen molar-refractivity contribution >= 4 is 23.2 Å². The van der Waals surface area contributed by atoms with Crippen molar-refractivity contribution in [3.05, 3.63) is 21.4 Å². The summed E-state index contributed by atoms with van der Waals surface area (Å²) >= 11 is 1.87. The third-order valence-electron chi connectivity index (χ3n) is 4.13. The van der Waals surface area contributed by atoms with Crippen molar-refractivity contribution in [2.24, 2.45) is 0 Å². The topological polar surface area (TPSA) is 58.2 Å². The molecule has 1 aromatic rings. The summed E-state index contributed by atoms with van der Waals surface area (Å²) < 4.78 is 0. The van der Waals surface area contributed by atoms with E-state index in [9.17, 15) is 9.59 Å². The second-order valence-corrected chi connectivity index (χ2v) is 6.86. The number of rotatable bonds is 3. The van der Waals surface area contributed by atoms with Gasteiger partial charge >= 0.3 is 0 Å². The minimum Gasteiger partial charge on any atom is -0.298 e. The fraction of sp³-hybridized carbons (Fsp3) is 0.600. The fourth-order valence-corrected chi connectivity index (χ4v) is 4.23. The summed E-state index contributed by atoms with van der Waals surface area (Å²) in [5, 5.41) is 5.76. The van der Waals surface area contributed by atoms with Crippen LogP contribution in [0.5, 0.6) is 0 Å². The average Bonchev–Trinajstić information content (AvgIpc) is 2.86. The number of piperidine rings is 1. The highest BCUT2D eigenvalue weighted by Gasteiger charge is 2.28. The molecular weight excluding hydrogens is 272 g/mol. The highest BCUT2D eigenvalue weighted by molar-refractivity contribution is 7.12. The van der Waals surface area contributed by atoms with Crippen LogP contribution < -0.4 is 10.6 Å². The molecule has 2 unspecified atom stereocenters. The summed E-state index contributed by atoms with van der Waals surface area (Å²) in [4.78, 5) is 25.7. The van der Waals surface area contributed by atoms with Gasteiger partial charge in [-0.05, 0) is 50.7 Å².